The van der Waals surface area contributed by atoms with E-state index in [9.17, 15) is 14.4 Å². The number of ether oxygens (including phenoxy) is 3. The molecule has 3 aliphatic heterocycles. The van der Waals surface area contributed by atoms with Crippen LogP contribution in [0.25, 0.3) is 0 Å². The molecule has 192 valence electrons. The summed E-state index contributed by atoms with van der Waals surface area (Å²) in [5.74, 6) is 2.78. The smallest absolute Gasteiger partial charge is 0.138 e. The molecule has 3 saturated heterocycles. The summed E-state index contributed by atoms with van der Waals surface area (Å²) < 4.78 is 15.5. The van der Waals surface area contributed by atoms with Crippen LogP contribution < -0.4 is 0 Å². The lowest BCUT2D eigenvalue weighted by molar-refractivity contribution is -0.127. The van der Waals surface area contributed by atoms with Gasteiger partial charge >= 0.3 is 0 Å². The maximum atomic E-state index is 11.4. The molecule has 6 heteroatoms. The van der Waals surface area contributed by atoms with Crippen LogP contribution in [0.3, 0.4) is 0 Å². The van der Waals surface area contributed by atoms with Crippen molar-refractivity contribution in [3.8, 4) is 0 Å². The van der Waals surface area contributed by atoms with Gasteiger partial charge in [0.2, 0.25) is 0 Å². The van der Waals surface area contributed by atoms with Crippen molar-refractivity contribution in [3.63, 3.8) is 0 Å². The molecule has 0 N–H and O–H groups in total. The number of carbonyl (C=O) groups excluding carboxylic acids is 3. The molecule has 0 saturated carbocycles. The van der Waals surface area contributed by atoms with Crippen LogP contribution in [-0.2, 0) is 28.6 Å². The summed E-state index contributed by atoms with van der Waals surface area (Å²) >= 11 is 0. The van der Waals surface area contributed by atoms with E-state index in [-0.39, 0.29) is 23.9 Å². The Morgan fingerprint density at radius 3 is 1.52 bits per heavy atom. The molecule has 3 heterocycles. The quantitative estimate of drug-likeness (QED) is 0.471. The van der Waals surface area contributed by atoms with Crippen LogP contribution in [0, 0.1) is 29.6 Å². The largest absolute Gasteiger partial charge is 0.381 e. The molecule has 1 unspecified atom stereocenters. The van der Waals surface area contributed by atoms with Crippen LogP contribution in [-0.4, -0.2) is 56.5 Å². The lowest BCUT2D eigenvalue weighted by atomic mass is 9.91. The zero-order chi connectivity index (χ0) is 24.8. The molecule has 0 bridgehead atoms. The minimum Gasteiger partial charge on any atom is -0.381 e. The van der Waals surface area contributed by atoms with Gasteiger partial charge in [0.25, 0.3) is 0 Å². The highest BCUT2D eigenvalue weighted by atomic mass is 16.5. The Labute approximate surface area is 201 Å². The molecule has 0 radical (unpaired) electrons. The topological polar surface area (TPSA) is 78.9 Å². The molecule has 0 aromatic rings. The standard InChI is InChI=1S/C10H18O2.C9H16O2.C8H14O2/c1-8(2)10(11)7-9-3-5-12-6-4-9;1-7(2)9(10)6-8-4-3-5-11-8;1-6(2)8(9)3-7-4-10-5-7/h8-9H,3-7H2,1-2H3;7-8H,3-6H2,1-2H3;6-7H,3-5H2,1-2H3. The first-order valence-electron chi connectivity index (χ1n) is 12.9. The fourth-order valence-electron chi connectivity index (χ4n) is 3.66. The van der Waals surface area contributed by atoms with Crippen LogP contribution in [0.2, 0.25) is 0 Å². The van der Waals surface area contributed by atoms with Crippen LogP contribution in [0.4, 0.5) is 0 Å². The zero-order valence-corrected chi connectivity index (χ0v) is 21.9. The van der Waals surface area contributed by atoms with Crippen LogP contribution >= 0.6 is 0 Å². The maximum absolute atomic E-state index is 11.4. The van der Waals surface area contributed by atoms with Gasteiger partial charge in [-0.05, 0) is 31.6 Å². The van der Waals surface area contributed by atoms with Crippen molar-refractivity contribution < 1.29 is 28.6 Å². The number of ketones is 3. The third-order valence-electron chi connectivity index (χ3n) is 6.41. The fourth-order valence-corrected chi connectivity index (χ4v) is 3.66. The number of hydrogen-bond acceptors (Lipinski definition) is 6. The summed E-state index contributed by atoms with van der Waals surface area (Å²) in [6.07, 6.45) is 6.66. The average molecular weight is 469 g/mol. The molecule has 0 amide bonds. The third kappa shape index (κ3) is 13.4. The van der Waals surface area contributed by atoms with Crippen LogP contribution in [0.1, 0.15) is 86.5 Å². The van der Waals surface area contributed by atoms with Gasteiger partial charge in [-0.15, -0.1) is 0 Å². The van der Waals surface area contributed by atoms with Gasteiger partial charge < -0.3 is 14.2 Å². The molecule has 3 aliphatic rings. The van der Waals surface area contributed by atoms with Gasteiger partial charge in [0.1, 0.15) is 17.3 Å². The first kappa shape index (κ1) is 29.9. The molecular weight excluding hydrogens is 420 g/mol. The molecule has 0 aromatic carbocycles. The lowest BCUT2D eigenvalue weighted by Crippen LogP contribution is -2.30. The highest BCUT2D eigenvalue weighted by Gasteiger charge is 2.23. The second-order valence-corrected chi connectivity index (χ2v) is 10.6. The summed E-state index contributed by atoms with van der Waals surface area (Å²) in [5.41, 5.74) is 0. The highest BCUT2D eigenvalue weighted by molar-refractivity contribution is 5.81. The van der Waals surface area contributed by atoms with Crippen LogP contribution in [0.15, 0.2) is 0 Å². The molecule has 0 aromatic heterocycles. The summed E-state index contributed by atoms with van der Waals surface area (Å²) in [4.78, 5) is 33.7. The normalized spacial score (nSPS) is 21.2. The molecule has 3 fully saturated rings. The van der Waals surface area contributed by atoms with Gasteiger partial charge in [-0.25, -0.2) is 0 Å². The Morgan fingerprint density at radius 2 is 1.12 bits per heavy atom. The first-order valence-corrected chi connectivity index (χ1v) is 12.9. The number of carbonyl (C=O) groups is 3. The Hall–Kier alpha value is -1.11. The van der Waals surface area contributed by atoms with E-state index < -0.39 is 0 Å². The Morgan fingerprint density at radius 1 is 0.636 bits per heavy atom. The van der Waals surface area contributed by atoms with E-state index in [1.807, 2.05) is 41.5 Å². The van der Waals surface area contributed by atoms with Crippen molar-refractivity contribution in [2.75, 3.05) is 33.0 Å². The van der Waals surface area contributed by atoms with Gasteiger partial charge in [0.05, 0.1) is 19.3 Å². The predicted molar refractivity (Wildman–Crippen MR) is 130 cm³/mol. The van der Waals surface area contributed by atoms with Gasteiger partial charge in [0.15, 0.2) is 0 Å². The number of hydrogen-bond donors (Lipinski definition) is 0. The summed E-state index contributed by atoms with van der Waals surface area (Å²) in [5, 5.41) is 0. The molecule has 33 heavy (non-hydrogen) atoms. The molecule has 3 rings (SSSR count). The van der Waals surface area contributed by atoms with Gasteiger partial charge in [-0.2, -0.15) is 0 Å². The van der Waals surface area contributed by atoms with Crippen LogP contribution in [0.5, 0.6) is 0 Å². The maximum Gasteiger partial charge on any atom is 0.138 e. The van der Waals surface area contributed by atoms with E-state index in [4.69, 9.17) is 14.2 Å². The average Bonchev–Trinajstić information content (AvgIpc) is 3.25. The molecule has 0 spiro atoms. The van der Waals surface area contributed by atoms with Crippen molar-refractivity contribution >= 4 is 17.3 Å². The van der Waals surface area contributed by atoms with E-state index in [1.165, 1.54) is 0 Å². The Bertz CT molecular complexity index is 567. The molecule has 1 atom stereocenters. The Balaban J connectivity index is 0.000000249. The first-order chi connectivity index (χ1) is 15.6. The summed E-state index contributed by atoms with van der Waals surface area (Å²) in [6, 6.07) is 0. The second kappa shape index (κ2) is 16.5. The van der Waals surface area contributed by atoms with E-state index in [1.54, 1.807) is 0 Å². The SMILES string of the molecule is CC(C)C(=O)CC1CCCO1.CC(C)C(=O)CC1CCOCC1.CC(C)C(=O)CC1COC1. The predicted octanol–water partition coefficient (Wildman–Crippen LogP) is 5.06. The third-order valence-corrected chi connectivity index (χ3v) is 6.41. The van der Waals surface area contributed by atoms with Crippen molar-refractivity contribution in [2.45, 2.75) is 92.6 Å². The Kier molecular flexibility index (Phi) is 15.0. The zero-order valence-electron chi connectivity index (χ0n) is 21.9. The summed E-state index contributed by atoms with van der Waals surface area (Å²) in [6.45, 7) is 15.8. The molecular formula is C27H48O6. The van der Waals surface area contributed by atoms with Gasteiger partial charge in [-0.3, -0.25) is 14.4 Å². The van der Waals surface area contributed by atoms with E-state index >= 15 is 0 Å². The fraction of sp³-hybridized carbons (Fsp3) is 0.889. The lowest BCUT2D eigenvalue weighted by Gasteiger charge is -2.25. The van der Waals surface area contributed by atoms with E-state index in [2.05, 4.69) is 0 Å². The van der Waals surface area contributed by atoms with E-state index in [0.29, 0.717) is 35.6 Å². The van der Waals surface area contributed by atoms with Gasteiger partial charge in [-0.1, -0.05) is 41.5 Å². The summed E-state index contributed by atoms with van der Waals surface area (Å²) in [7, 11) is 0. The second-order valence-electron chi connectivity index (χ2n) is 10.6. The number of Topliss-reactive ketones (excluding diaryl/α,β-unsaturated/α-hetero) is 3. The number of rotatable bonds is 9. The minimum atomic E-state index is 0.166. The molecule has 0 aliphatic carbocycles. The monoisotopic (exact) mass is 468 g/mol. The molecule has 6 nitrogen and oxygen atoms in total. The van der Waals surface area contributed by atoms with Crippen molar-refractivity contribution in [3.05, 3.63) is 0 Å². The van der Waals surface area contributed by atoms with E-state index in [0.717, 1.165) is 71.6 Å². The van der Waals surface area contributed by atoms with Crippen molar-refractivity contribution in [1.29, 1.82) is 0 Å². The minimum absolute atomic E-state index is 0.166. The highest BCUT2D eigenvalue weighted by Crippen LogP contribution is 2.20. The van der Waals surface area contributed by atoms with Crippen molar-refractivity contribution in [2.24, 2.45) is 29.6 Å². The van der Waals surface area contributed by atoms with Crippen molar-refractivity contribution in [1.82, 2.24) is 0 Å². The van der Waals surface area contributed by atoms with Gasteiger partial charge in [0, 0.05) is 62.8 Å².